The summed E-state index contributed by atoms with van der Waals surface area (Å²) in [4.78, 5) is 4.82. The van der Waals surface area contributed by atoms with Gasteiger partial charge in [0.15, 0.2) is 11.5 Å². The minimum absolute atomic E-state index is 0.205. The number of rotatable bonds is 3. The highest BCUT2D eigenvalue weighted by Crippen LogP contribution is 2.38. The van der Waals surface area contributed by atoms with E-state index in [1.165, 1.54) is 0 Å². The van der Waals surface area contributed by atoms with Gasteiger partial charge in [0.25, 0.3) is 0 Å². The maximum absolute atomic E-state index is 10.3. The standard InChI is InChI=1S/C24H17NO3/c26-22-9-5-4-8-19(22)21-13-18(12-20(25-21)16-6-2-1-3-7-16)17-10-11-23-24(14-17)28-15-27-23/h1-14,26H,15H2. The Hall–Kier alpha value is -3.79. The maximum atomic E-state index is 10.3. The summed E-state index contributed by atoms with van der Waals surface area (Å²) in [7, 11) is 0. The highest BCUT2D eigenvalue weighted by atomic mass is 16.7. The van der Waals surface area contributed by atoms with E-state index in [-0.39, 0.29) is 12.5 Å². The van der Waals surface area contributed by atoms with Crippen LogP contribution in [0.5, 0.6) is 17.2 Å². The number of nitrogens with zero attached hydrogens (tertiary/aromatic N) is 1. The predicted octanol–water partition coefficient (Wildman–Crippen LogP) is 5.52. The smallest absolute Gasteiger partial charge is 0.231 e. The topological polar surface area (TPSA) is 51.6 Å². The van der Waals surface area contributed by atoms with E-state index >= 15 is 0 Å². The van der Waals surface area contributed by atoms with E-state index in [9.17, 15) is 5.11 Å². The van der Waals surface area contributed by atoms with E-state index in [4.69, 9.17) is 14.5 Å². The van der Waals surface area contributed by atoms with Crippen LogP contribution in [0.1, 0.15) is 0 Å². The first-order valence-corrected chi connectivity index (χ1v) is 9.04. The van der Waals surface area contributed by atoms with E-state index in [2.05, 4.69) is 6.07 Å². The van der Waals surface area contributed by atoms with Gasteiger partial charge < -0.3 is 14.6 Å². The van der Waals surface area contributed by atoms with Crippen molar-refractivity contribution in [2.45, 2.75) is 0 Å². The molecule has 0 saturated carbocycles. The quantitative estimate of drug-likeness (QED) is 0.518. The van der Waals surface area contributed by atoms with Crippen LogP contribution < -0.4 is 9.47 Å². The molecule has 0 bridgehead atoms. The SMILES string of the molecule is Oc1ccccc1-c1cc(-c2ccc3c(c2)OCO3)cc(-c2ccccc2)n1. The van der Waals surface area contributed by atoms with Gasteiger partial charge in [0.1, 0.15) is 5.75 Å². The Morgan fingerprint density at radius 2 is 1.39 bits per heavy atom. The van der Waals surface area contributed by atoms with Crippen LogP contribution in [0.3, 0.4) is 0 Å². The number of ether oxygens (including phenoxy) is 2. The summed E-state index contributed by atoms with van der Waals surface area (Å²) in [5.74, 6) is 1.69. The van der Waals surface area contributed by atoms with Crippen molar-refractivity contribution in [3.05, 3.63) is 84.9 Å². The third kappa shape index (κ3) is 2.95. The van der Waals surface area contributed by atoms with Gasteiger partial charge in [-0.3, -0.25) is 0 Å². The first-order valence-electron chi connectivity index (χ1n) is 9.04. The Morgan fingerprint density at radius 1 is 0.643 bits per heavy atom. The number of fused-ring (bicyclic) bond motifs is 1. The van der Waals surface area contributed by atoms with Gasteiger partial charge in [-0.2, -0.15) is 0 Å². The fourth-order valence-electron chi connectivity index (χ4n) is 3.36. The monoisotopic (exact) mass is 367 g/mol. The van der Waals surface area contributed by atoms with E-state index in [0.717, 1.165) is 33.9 Å². The van der Waals surface area contributed by atoms with Gasteiger partial charge in [-0.25, -0.2) is 4.98 Å². The summed E-state index contributed by atoms with van der Waals surface area (Å²) in [6.45, 7) is 0.244. The number of aromatic nitrogens is 1. The molecule has 1 aliphatic heterocycles. The zero-order chi connectivity index (χ0) is 18.9. The highest BCUT2D eigenvalue weighted by molar-refractivity contribution is 5.79. The fourth-order valence-corrected chi connectivity index (χ4v) is 3.36. The van der Waals surface area contributed by atoms with Gasteiger partial charge in [0.2, 0.25) is 6.79 Å². The molecule has 136 valence electrons. The molecule has 0 aliphatic carbocycles. The van der Waals surface area contributed by atoms with Gasteiger partial charge in [-0.15, -0.1) is 0 Å². The summed E-state index contributed by atoms with van der Waals surface area (Å²) < 4.78 is 11.0. The molecule has 0 spiro atoms. The first-order chi connectivity index (χ1) is 13.8. The van der Waals surface area contributed by atoms with Gasteiger partial charge in [0, 0.05) is 11.1 Å². The molecule has 1 aromatic heterocycles. The van der Waals surface area contributed by atoms with Crippen LogP contribution in [0.25, 0.3) is 33.6 Å². The van der Waals surface area contributed by atoms with Crippen molar-refractivity contribution in [3.63, 3.8) is 0 Å². The number of hydrogen-bond acceptors (Lipinski definition) is 4. The minimum Gasteiger partial charge on any atom is -0.507 e. The molecule has 3 aromatic carbocycles. The zero-order valence-corrected chi connectivity index (χ0v) is 15.0. The lowest BCUT2D eigenvalue weighted by Crippen LogP contribution is -1.93. The van der Waals surface area contributed by atoms with Gasteiger partial charge in [-0.1, -0.05) is 48.5 Å². The Balaban J connectivity index is 1.70. The number of phenolic OH excluding ortho intramolecular Hbond substituents is 1. The Morgan fingerprint density at radius 3 is 2.25 bits per heavy atom. The number of benzene rings is 3. The number of phenols is 1. The van der Waals surface area contributed by atoms with Crippen molar-refractivity contribution in [3.8, 4) is 50.9 Å². The van der Waals surface area contributed by atoms with Gasteiger partial charge in [-0.05, 0) is 47.5 Å². The molecule has 5 rings (SSSR count). The minimum atomic E-state index is 0.205. The second kappa shape index (κ2) is 6.74. The molecule has 4 aromatic rings. The van der Waals surface area contributed by atoms with Crippen LogP contribution in [-0.2, 0) is 0 Å². The Bertz CT molecular complexity index is 1160. The van der Waals surface area contributed by atoms with Crippen LogP contribution in [0.15, 0.2) is 84.9 Å². The molecule has 0 fully saturated rings. The molecule has 0 radical (unpaired) electrons. The molecule has 0 atom stereocenters. The van der Waals surface area contributed by atoms with Crippen LogP contribution >= 0.6 is 0 Å². The third-order valence-electron chi connectivity index (χ3n) is 4.78. The number of para-hydroxylation sites is 1. The van der Waals surface area contributed by atoms with Crippen molar-refractivity contribution in [1.29, 1.82) is 0 Å². The summed E-state index contributed by atoms with van der Waals surface area (Å²) >= 11 is 0. The van der Waals surface area contributed by atoms with E-state index in [0.29, 0.717) is 11.3 Å². The molecule has 1 aliphatic rings. The lowest BCUT2D eigenvalue weighted by Gasteiger charge is -2.11. The van der Waals surface area contributed by atoms with Gasteiger partial charge >= 0.3 is 0 Å². The van der Waals surface area contributed by atoms with Crippen molar-refractivity contribution >= 4 is 0 Å². The lowest BCUT2D eigenvalue weighted by atomic mass is 9.99. The maximum Gasteiger partial charge on any atom is 0.231 e. The van der Waals surface area contributed by atoms with Crippen LogP contribution in [0.4, 0.5) is 0 Å². The normalized spacial score (nSPS) is 12.1. The van der Waals surface area contributed by atoms with Crippen molar-refractivity contribution in [2.75, 3.05) is 6.79 Å². The van der Waals surface area contributed by atoms with Crippen LogP contribution in [0.2, 0.25) is 0 Å². The molecule has 28 heavy (non-hydrogen) atoms. The van der Waals surface area contributed by atoms with Crippen molar-refractivity contribution in [1.82, 2.24) is 4.98 Å². The summed E-state index contributed by atoms with van der Waals surface area (Å²) in [5.41, 5.74) is 5.26. The molecule has 4 nitrogen and oxygen atoms in total. The van der Waals surface area contributed by atoms with Gasteiger partial charge in [0.05, 0.1) is 11.4 Å². The Labute approximate surface area is 162 Å². The molecule has 4 heteroatoms. The molecule has 0 amide bonds. The average molecular weight is 367 g/mol. The summed E-state index contributed by atoms with van der Waals surface area (Å²) in [5, 5.41) is 10.3. The fraction of sp³-hybridized carbons (Fsp3) is 0.0417. The Kier molecular flexibility index (Phi) is 3.95. The van der Waals surface area contributed by atoms with E-state index < -0.39 is 0 Å². The zero-order valence-electron chi connectivity index (χ0n) is 15.0. The predicted molar refractivity (Wildman–Crippen MR) is 108 cm³/mol. The van der Waals surface area contributed by atoms with Crippen LogP contribution in [0, 0.1) is 0 Å². The second-order valence-electron chi connectivity index (χ2n) is 6.58. The van der Waals surface area contributed by atoms with Crippen molar-refractivity contribution in [2.24, 2.45) is 0 Å². The lowest BCUT2D eigenvalue weighted by molar-refractivity contribution is 0.174. The molecular formula is C24H17NO3. The first kappa shape index (κ1) is 16.4. The number of hydrogen-bond donors (Lipinski definition) is 1. The molecule has 2 heterocycles. The molecule has 0 unspecified atom stereocenters. The molecule has 0 saturated heterocycles. The van der Waals surface area contributed by atoms with E-state index in [1.807, 2.05) is 66.7 Å². The van der Waals surface area contributed by atoms with E-state index in [1.54, 1.807) is 12.1 Å². The third-order valence-corrected chi connectivity index (χ3v) is 4.78. The van der Waals surface area contributed by atoms with Crippen molar-refractivity contribution < 1.29 is 14.6 Å². The summed E-state index contributed by atoms with van der Waals surface area (Å²) in [6, 6.07) is 27.2. The average Bonchev–Trinajstić information content (AvgIpc) is 3.22. The second-order valence-corrected chi connectivity index (χ2v) is 6.58. The summed E-state index contributed by atoms with van der Waals surface area (Å²) in [6.07, 6.45) is 0. The molecular weight excluding hydrogens is 350 g/mol. The van der Waals surface area contributed by atoms with Crippen LogP contribution in [-0.4, -0.2) is 16.9 Å². The number of pyridine rings is 1. The molecule has 1 N–H and O–H groups in total. The highest BCUT2D eigenvalue weighted by Gasteiger charge is 2.16. The number of aromatic hydroxyl groups is 1. The largest absolute Gasteiger partial charge is 0.507 e.